The van der Waals surface area contributed by atoms with Crippen molar-refractivity contribution in [3.05, 3.63) is 23.5 Å². The first-order valence-electron chi connectivity index (χ1n) is 8.13. The summed E-state index contributed by atoms with van der Waals surface area (Å²) in [5.41, 5.74) is 0.748. The van der Waals surface area contributed by atoms with Crippen LogP contribution in [-0.2, 0) is 19.6 Å². The topological polar surface area (TPSA) is 104 Å². The van der Waals surface area contributed by atoms with Gasteiger partial charge in [0.15, 0.2) is 0 Å². The lowest BCUT2D eigenvalue weighted by atomic mass is 10.2. The minimum Gasteiger partial charge on any atom is -0.465 e. The Bertz CT molecular complexity index is 773. The van der Waals surface area contributed by atoms with Gasteiger partial charge in [-0.2, -0.15) is 9.57 Å². The predicted octanol–water partition coefficient (Wildman–Crippen LogP) is 0.521. The lowest BCUT2D eigenvalue weighted by Gasteiger charge is -2.21. The third-order valence-corrected chi connectivity index (χ3v) is 5.89. The lowest BCUT2D eigenvalue weighted by molar-refractivity contribution is -0.144. The molecule has 0 bridgehead atoms. The van der Waals surface area contributed by atoms with E-state index in [4.69, 9.17) is 10.00 Å². The molecule has 2 heterocycles. The van der Waals surface area contributed by atoms with Crippen molar-refractivity contribution in [1.82, 2.24) is 14.2 Å². The maximum Gasteiger partial charge on any atom is 0.320 e. The third-order valence-electron chi connectivity index (χ3n) is 4.03. The number of sulfonamides is 1. The minimum absolute atomic E-state index is 0.0218. The predicted molar refractivity (Wildman–Crippen MR) is 90.1 cm³/mol. The van der Waals surface area contributed by atoms with Crippen LogP contribution in [0.1, 0.15) is 24.6 Å². The number of pyridine rings is 1. The van der Waals surface area contributed by atoms with Crippen LogP contribution in [0.4, 0.5) is 0 Å². The van der Waals surface area contributed by atoms with E-state index in [1.807, 2.05) is 11.0 Å². The van der Waals surface area contributed by atoms with E-state index in [1.165, 1.54) is 16.6 Å². The van der Waals surface area contributed by atoms with E-state index in [0.717, 1.165) is 0 Å². The fourth-order valence-electron chi connectivity index (χ4n) is 2.65. The van der Waals surface area contributed by atoms with E-state index in [1.54, 1.807) is 13.8 Å². The molecule has 9 heteroatoms. The van der Waals surface area contributed by atoms with Crippen molar-refractivity contribution in [2.45, 2.75) is 25.2 Å². The molecule has 1 aromatic rings. The summed E-state index contributed by atoms with van der Waals surface area (Å²) in [6.45, 7) is 5.60. The summed E-state index contributed by atoms with van der Waals surface area (Å²) in [4.78, 5) is 17.5. The zero-order chi connectivity index (χ0) is 18.4. The molecule has 0 atom stereocenters. The molecule has 1 fully saturated rings. The average Bonchev–Trinajstić information content (AvgIpc) is 2.81. The fraction of sp³-hybridized carbons (Fsp3) is 0.562. The first-order chi connectivity index (χ1) is 11.9. The number of carbonyl (C=O) groups is 1. The number of ether oxygens (including phenoxy) is 1. The Labute approximate surface area is 148 Å². The molecule has 1 aliphatic heterocycles. The standard InChI is InChI=1S/C16H22N4O4S/c1-3-24-16(21)12-19-5-4-6-20(8-7-19)25(22,23)15-9-14(10-17)13(2)18-11-15/h9,11H,3-8,12H2,1-2H3. The summed E-state index contributed by atoms with van der Waals surface area (Å²) in [7, 11) is -3.72. The molecule has 8 nitrogen and oxygen atoms in total. The summed E-state index contributed by atoms with van der Waals surface area (Å²) < 4.78 is 31.9. The SMILES string of the molecule is CCOC(=O)CN1CCCN(S(=O)(=O)c2cnc(C)c(C#N)c2)CC1. The first-order valence-corrected chi connectivity index (χ1v) is 9.57. The van der Waals surface area contributed by atoms with Crippen LogP contribution in [0.15, 0.2) is 17.2 Å². The van der Waals surface area contributed by atoms with Crippen molar-refractivity contribution in [2.24, 2.45) is 0 Å². The van der Waals surface area contributed by atoms with Gasteiger partial charge in [0.1, 0.15) is 11.0 Å². The van der Waals surface area contributed by atoms with Crippen molar-refractivity contribution in [3.8, 4) is 6.07 Å². The zero-order valence-corrected chi connectivity index (χ0v) is 15.3. The van der Waals surface area contributed by atoms with Gasteiger partial charge in [-0.1, -0.05) is 0 Å². The molecule has 0 aromatic carbocycles. The normalized spacial score (nSPS) is 16.8. The smallest absolute Gasteiger partial charge is 0.320 e. The van der Waals surface area contributed by atoms with Crippen LogP contribution in [-0.4, -0.2) is 67.9 Å². The molecule has 0 unspecified atom stereocenters. The highest BCUT2D eigenvalue weighted by Crippen LogP contribution is 2.19. The molecule has 0 N–H and O–H groups in total. The quantitative estimate of drug-likeness (QED) is 0.700. The second-order valence-corrected chi connectivity index (χ2v) is 7.69. The Morgan fingerprint density at radius 2 is 2.12 bits per heavy atom. The highest BCUT2D eigenvalue weighted by Gasteiger charge is 2.28. The molecule has 1 aliphatic rings. The Morgan fingerprint density at radius 3 is 2.80 bits per heavy atom. The molecule has 136 valence electrons. The highest BCUT2D eigenvalue weighted by molar-refractivity contribution is 7.89. The summed E-state index contributed by atoms with van der Waals surface area (Å²) in [6, 6.07) is 3.32. The molecule has 1 aromatic heterocycles. The molecule has 25 heavy (non-hydrogen) atoms. The Hall–Kier alpha value is -2.02. The average molecular weight is 366 g/mol. The molecule has 2 rings (SSSR count). The van der Waals surface area contributed by atoms with E-state index >= 15 is 0 Å². The Balaban J connectivity index is 2.11. The van der Waals surface area contributed by atoms with Gasteiger partial charge >= 0.3 is 5.97 Å². The van der Waals surface area contributed by atoms with Gasteiger partial charge in [0.25, 0.3) is 0 Å². The molecule has 0 aliphatic carbocycles. The molecule has 1 saturated heterocycles. The summed E-state index contributed by atoms with van der Waals surface area (Å²) in [5.74, 6) is -0.305. The number of esters is 1. The van der Waals surface area contributed by atoms with E-state index < -0.39 is 10.0 Å². The van der Waals surface area contributed by atoms with Gasteiger partial charge in [-0.05, 0) is 26.3 Å². The number of rotatable bonds is 5. The van der Waals surface area contributed by atoms with Crippen molar-refractivity contribution >= 4 is 16.0 Å². The Morgan fingerprint density at radius 1 is 1.36 bits per heavy atom. The molecular formula is C16H22N4O4S. The molecule has 0 saturated carbocycles. The maximum atomic E-state index is 12.8. The van der Waals surface area contributed by atoms with E-state index in [2.05, 4.69) is 4.98 Å². The van der Waals surface area contributed by atoms with Crippen LogP contribution in [0.5, 0.6) is 0 Å². The largest absolute Gasteiger partial charge is 0.465 e. The number of nitrogens with zero attached hydrogens (tertiary/aromatic N) is 4. The second kappa shape index (κ2) is 8.38. The van der Waals surface area contributed by atoms with Crippen LogP contribution in [0, 0.1) is 18.3 Å². The van der Waals surface area contributed by atoms with E-state index in [0.29, 0.717) is 38.4 Å². The third kappa shape index (κ3) is 4.75. The van der Waals surface area contributed by atoms with Crippen LogP contribution < -0.4 is 0 Å². The second-order valence-electron chi connectivity index (χ2n) is 5.75. The van der Waals surface area contributed by atoms with E-state index in [-0.39, 0.29) is 29.5 Å². The van der Waals surface area contributed by atoms with Crippen LogP contribution in [0.2, 0.25) is 0 Å². The lowest BCUT2D eigenvalue weighted by Crippen LogP contribution is -2.37. The van der Waals surface area contributed by atoms with Crippen molar-refractivity contribution in [1.29, 1.82) is 5.26 Å². The van der Waals surface area contributed by atoms with Gasteiger partial charge < -0.3 is 4.74 Å². The monoisotopic (exact) mass is 366 g/mol. The van der Waals surface area contributed by atoms with Crippen molar-refractivity contribution in [3.63, 3.8) is 0 Å². The molecular weight excluding hydrogens is 344 g/mol. The van der Waals surface area contributed by atoms with Gasteiger partial charge in [-0.25, -0.2) is 8.42 Å². The van der Waals surface area contributed by atoms with Crippen LogP contribution in [0.25, 0.3) is 0 Å². The molecule has 0 radical (unpaired) electrons. The van der Waals surface area contributed by atoms with Gasteiger partial charge in [-0.15, -0.1) is 0 Å². The number of aromatic nitrogens is 1. The molecule has 0 spiro atoms. The van der Waals surface area contributed by atoms with Gasteiger partial charge in [0.05, 0.1) is 24.4 Å². The minimum atomic E-state index is -3.72. The number of aryl methyl sites for hydroxylation is 1. The number of hydrogen-bond donors (Lipinski definition) is 0. The van der Waals surface area contributed by atoms with Crippen LogP contribution in [0.3, 0.4) is 0 Å². The first kappa shape index (κ1) is 19.3. The van der Waals surface area contributed by atoms with Gasteiger partial charge in [0.2, 0.25) is 10.0 Å². The summed E-state index contributed by atoms with van der Waals surface area (Å²) >= 11 is 0. The number of hydrogen-bond acceptors (Lipinski definition) is 7. The highest BCUT2D eigenvalue weighted by atomic mass is 32.2. The number of nitriles is 1. The fourth-order valence-corrected chi connectivity index (χ4v) is 4.09. The van der Waals surface area contributed by atoms with Gasteiger partial charge in [-0.3, -0.25) is 14.7 Å². The summed E-state index contributed by atoms with van der Waals surface area (Å²) in [6.07, 6.45) is 1.90. The van der Waals surface area contributed by atoms with Crippen molar-refractivity contribution < 1.29 is 17.9 Å². The van der Waals surface area contributed by atoms with Crippen molar-refractivity contribution in [2.75, 3.05) is 39.3 Å². The van der Waals surface area contributed by atoms with Crippen LogP contribution >= 0.6 is 0 Å². The molecule has 0 amide bonds. The van der Waals surface area contributed by atoms with E-state index in [9.17, 15) is 13.2 Å². The summed E-state index contributed by atoms with van der Waals surface area (Å²) in [5, 5.41) is 9.08. The zero-order valence-electron chi connectivity index (χ0n) is 14.4. The number of carbonyl (C=O) groups excluding carboxylic acids is 1. The van der Waals surface area contributed by atoms with Gasteiger partial charge in [0, 0.05) is 32.4 Å². The maximum absolute atomic E-state index is 12.8. The Kier molecular flexibility index (Phi) is 6.47.